The summed E-state index contributed by atoms with van der Waals surface area (Å²) in [4.78, 5) is 0. The van der Waals surface area contributed by atoms with Crippen LogP contribution in [-0.2, 0) is 6.42 Å². The lowest BCUT2D eigenvalue weighted by Crippen LogP contribution is -2.16. The largest absolute Gasteiger partial charge is 0.330 e. The van der Waals surface area contributed by atoms with Gasteiger partial charge in [0.25, 0.3) is 0 Å². The molecule has 0 spiro atoms. The van der Waals surface area contributed by atoms with Gasteiger partial charge in [-0.05, 0) is 37.4 Å². The van der Waals surface area contributed by atoms with Gasteiger partial charge in [0, 0.05) is 6.42 Å². The first-order valence-corrected chi connectivity index (χ1v) is 5.40. The Morgan fingerprint density at radius 2 is 2.07 bits per heavy atom. The second kappa shape index (κ2) is 4.75. The fraction of sp³-hybridized carbons (Fsp3) is 0.538. The van der Waals surface area contributed by atoms with Crippen LogP contribution >= 0.6 is 0 Å². The van der Waals surface area contributed by atoms with Gasteiger partial charge in [-0.15, -0.1) is 0 Å². The van der Waals surface area contributed by atoms with E-state index in [-0.39, 0.29) is 0 Å². The van der Waals surface area contributed by atoms with Crippen LogP contribution in [0.3, 0.4) is 0 Å². The molecule has 1 aromatic rings. The van der Waals surface area contributed by atoms with E-state index in [9.17, 15) is 4.39 Å². The number of alkyl halides is 1. The van der Waals surface area contributed by atoms with Crippen molar-refractivity contribution in [3.05, 3.63) is 35.4 Å². The lowest BCUT2D eigenvalue weighted by Gasteiger charge is -2.16. The minimum Gasteiger partial charge on any atom is -0.330 e. The molecule has 0 saturated carbocycles. The number of hydrogen-bond donors (Lipinski definition) is 1. The average molecular weight is 209 g/mol. The van der Waals surface area contributed by atoms with Gasteiger partial charge in [-0.25, -0.2) is 4.39 Å². The number of nitrogens with two attached hydrogens (primary N) is 1. The van der Waals surface area contributed by atoms with Crippen LogP contribution in [0.2, 0.25) is 0 Å². The summed E-state index contributed by atoms with van der Waals surface area (Å²) in [6, 6.07) is 8.04. The van der Waals surface area contributed by atoms with E-state index in [4.69, 9.17) is 5.73 Å². The lowest BCUT2D eigenvalue weighted by molar-refractivity contribution is 0.217. The van der Waals surface area contributed by atoms with E-state index < -0.39 is 5.67 Å². The van der Waals surface area contributed by atoms with Gasteiger partial charge in [-0.2, -0.15) is 0 Å². The molecule has 1 rings (SSSR count). The smallest absolute Gasteiger partial charge is 0.109 e. The molecule has 1 atom stereocenters. The molecule has 0 aliphatic heterocycles. The third kappa shape index (κ3) is 4.00. The first-order valence-electron chi connectivity index (χ1n) is 5.40. The second-order valence-electron chi connectivity index (χ2n) is 4.78. The minimum atomic E-state index is -1.15. The van der Waals surface area contributed by atoms with Crippen molar-refractivity contribution in [3.63, 3.8) is 0 Å². The molecule has 1 aromatic carbocycles. The van der Waals surface area contributed by atoms with Gasteiger partial charge in [-0.3, -0.25) is 0 Å². The summed E-state index contributed by atoms with van der Waals surface area (Å²) in [6.45, 7) is 5.92. The van der Waals surface area contributed by atoms with E-state index in [2.05, 4.69) is 13.0 Å². The Balaban J connectivity index is 2.83. The molecule has 15 heavy (non-hydrogen) atoms. The molecule has 0 radical (unpaired) electrons. The first kappa shape index (κ1) is 12.2. The zero-order valence-electron chi connectivity index (χ0n) is 9.76. The highest BCUT2D eigenvalue weighted by atomic mass is 19.1. The first-order chi connectivity index (χ1) is 6.92. The summed E-state index contributed by atoms with van der Waals surface area (Å²) >= 11 is 0. The predicted molar refractivity (Wildman–Crippen MR) is 62.8 cm³/mol. The third-order valence-corrected chi connectivity index (χ3v) is 2.50. The molecular formula is C13H20FN. The lowest BCUT2D eigenvalue weighted by atomic mass is 9.94. The third-order valence-electron chi connectivity index (χ3n) is 2.50. The molecule has 0 bridgehead atoms. The zero-order valence-corrected chi connectivity index (χ0v) is 9.76. The van der Waals surface area contributed by atoms with Crippen molar-refractivity contribution in [2.45, 2.75) is 38.8 Å². The van der Waals surface area contributed by atoms with E-state index in [0.29, 0.717) is 18.9 Å². The summed E-state index contributed by atoms with van der Waals surface area (Å²) in [5, 5.41) is 0. The van der Waals surface area contributed by atoms with Crippen LogP contribution in [-0.4, -0.2) is 12.2 Å². The summed E-state index contributed by atoms with van der Waals surface area (Å²) < 4.78 is 13.5. The van der Waals surface area contributed by atoms with E-state index in [1.807, 2.05) is 18.2 Å². The molecule has 0 heterocycles. The Labute approximate surface area is 91.5 Å². The van der Waals surface area contributed by atoms with Gasteiger partial charge in [0.1, 0.15) is 5.67 Å². The van der Waals surface area contributed by atoms with Crippen molar-refractivity contribution in [1.82, 2.24) is 0 Å². The molecule has 84 valence electrons. The highest BCUT2D eigenvalue weighted by Crippen LogP contribution is 2.20. The second-order valence-corrected chi connectivity index (χ2v) is 4.78. The van der Waals surface area contributed by atoms with Crippen molar-refractivity contribution >= 4 is 0 Å². The number of benzene rings is 1. The van der Waals surface area contributed by atoms with E-state index in [1.165, 1.54) is 5.56 Å². The normalized spacial score (nSPS) is 13.9. The topological polar surface area (TPSA) is 26.0 Å². The van der Waals surface area contributed by atoms with Crippen molar-refractivity contribution < 1.29 is 4.39 Å². The Hall–Kier alpha value is -0.890. The Kier molecular flexibility index (Phi) is 3.86. The van der Waals surface area contributed by atoms with Crippen LogP contribution < -0.4 is 5.73 Å². The monoisotopic (exact) mass is 209 g/mol. The molecule has 1 unspecified atom stereocenters. The maximum Gasteiger partial charge on any atom is 0.109 e. The van der Waals surface area contributed by atoms with E-state index >= 15 is 0 Å². The molecule has 2 heteroatoms. The summed E-state index contributed by atoms with van der Waals surface area (Å²) in [5.41, 5.74) is 6.69. The molecular weight excluding hydrogens is 189 g/mol. The maximum atomic E-state index is 13.5. The highest BCUT2D eigenvalue weighted by Gasteiger charge is 2.16. The SMILES string of the molecule is CC(CN)c1cccc(CC(C)(C)F)c1. The molecule has 0 saturated heterocycles. The van der Waals surface area contributed by atoms with Crippen LogP contribution in [0.5, 0.6) is 0 Å². The Morgan fingerprint density at radius 1 is 1.40 bits per heavy atom. The summed E-state index contributed by atoms with van der Waals surface area (Å²) in [5.74, 6) is 0.340. The molecule has 1 nitrogen and oxygen atoms in total. The van der Waals surface area contributed by atoms with Crippen molar-refractivity contribution in [1.29, 1.82) is 0 Å². The standard InChI is InChI=1S/C13H20FN/c1-10(9-15)12-6-4-5-11(7-12)8-13(2,3)14/h4-7,10H,8-9,15H2,1-3H3. The van der Waals surface area contributed by atoms with Crippen LogP contribution in [0.25, 0.3) is 0 Å². The number of halogens is 1. The van der Waals surface area contributed by atoms with Crippen LogP contribution in [0.1, 0.15) is 37.8 Å². The van der Waals surface area contributed by atoms with E-state index in [1.54, 1.807) is 13.8 Å². The van der Waals surface area contributed by atoms with Crippen LogP contribution in [0.15, 0.2) is 24.3 Å². The minimum absolute atomic E-state index is 0.340. The zero-order chi connectivity index (χ0) is 11.5. The molecule has 0 aromatic heterocycles. The molecule has 2 N–H and O–H groups in total. The summed E-state index contributed by atoms with van der Waals surface area (Å²) in [7, 11) is 0. The van der Waals surface area contributed by atoms with Crippen molar-refractivity contribution in [3.8, 4) is 0 Å². The summed E-state index contributed by atoms with van der Waals surface area (Å²) in [6.07, 6.45) is 0.456. The van der Waals surface area contributed by atoms with Crippen molar-refractivity contribution in [2.24, 2.45) is 5.73 Å². The van der Waals surface area contributed by atoms with Gasteiger partial charge in [-0.1, -0.05) is 31.2 Å². The molecule has 0 amide bonds. The van der Waals surface area contributed by atoms with Gasteiger partial charge >= 0.3 is 0 Å². The van der Waals surface area contributed by atoms with E-state index in [0.717, 1.165) is 5.56 Å². The molecule has 0 aliphatic rings. The quantitative estimate of drug-likeness (QED) is 0.810. The fourth-order valence-electron chi connectivity index (χ4n) is 1.63. The van der Waals surface area contributed by atoms with Crippen LogP contribution in [0.4, 0.5) is 4.39 Å². The number of hydrogen-bond acceptors (Lipinski definition) is 1. The van der Waals surface area contributed by atoms with Gasteiger partial charge in [0.05, 0.1) is 0 Å². The van der Waals surface area contributed by atoms with Crippen LogP contribution in [0, 0.1) is 0 Å². The maximum absolute atomic E-state index is 13.5. The van der Waals surface area contributed by atoms with Crippen molar-refractivity contribution in [2.75, 3.05) is 6.54 Å². The average Bonchev–Trinajstić information content (AvgIpc) is 2.14. The van der Waals surface area contributed by atoms with Gasteiger partial charge in [0.15, 0.2) is 0 Å². The highest BCUT2D eigenvalue weighted by molar-refractivity contribution is 5.27. The van der Waals surface area contributed by atoms with Gasteiger partial charge in [0.2, 0.25) is 0 Å². The molecule has 0 aliphatic carbocycles. The Morgan fingerprint density at radius 3 is 2.60 bits per heavy atom. The Bertz CT molecular complexity index is 315. The fourth-order valence-corrected chi connectivity index (χ4v) is 1.63. The predicted octanol–water partition coefficient (Wildman–Crippen LogP) is 3.04. The number of rotatable bonds is 4. The van der Waals surface area contributed by atoms with Gasteiger partial charge < -0.3 is 5.73 Å². The molecule has 0 fully saturated rings.